The van der Waals surface area contributed by atoms with Crippen molar-refractivity contribution in [3.63, 3.8) is 0 Å². The van der Waals surface area contributed by atoms with Crippen LogP contribution in [0.1, 0.15) is 21.5 Å². The topological polar surface area (TPSA) is 54.4 Å². The number of hydrogen-bond donors (Lipinski definition) is 1. The van der Waals surface area contributed by atoms with E-state index in [1.165, 1.54) is 0 Å². The minimum absolute atomic E-state index is 0.227. The van der Waals surface area contributed by atoms with E-state index in [2.05, 4.69) is 15.5 Å². The number of aromatic nitrogens is 1. The molecule has 0 aliphatic rings. The number of pyridine rings is 1. The minimum atomic E-state index is -0.227. The molecule has 2 rings (SSSR count). The van der Waals surface area contributed by atoms with Gasteiger partial charge in [0.2, 0.25) is 0 Å². The molecule has 0 spiro atoms. The van der Waals surface area contributed by atoms with Crippen molar-refractivity contribution in [3.05, 3.63) is 65.5 Å². The Balaban J connectivity index is 1.96. The summed E-state index contributed by atoms with van der Waals surface area (Å²) in [7, 11) is 0. The molecule has 1 heterocycles. The lowest BCUT2D eigenvalue weighted by atomic mass is 10.1. The Bertz CT molecular complexity index is 547. The van der Waals surface area contributed by atoms with E-state index in [0.717, 1.165) is 11.1 Å². The van der Waals surface area contributed by atoms with Gasteiger partial charge in [-0.05, 0) is 25.1 Å². The fourth-order valence-electron chi connectivity index (χ4n) is 1.39. The van der Waals surface area contributed by atoms with E-state index in [9.17, 15) is 4.79 Å². The van der Waals surface area contributed by atoms with Gasteiger partial charge in [0.15, 0.2) is 0 Å². The van der Waals surface area contributed by atoms with Gasteiger partial charge in [-0.15, -0.1) is 0 Å². The number of hydrazone groups is 1. The molecule has 0 fully saturated rings. The van der Waals surface area contributed by atoms with Crippen LogP contribution in [0.5, 0.6) is 0 Å². The third kappa shape index (κ3) is 3.25. The maximum atomic E-state index is 11.7. The second kappa shape index (κ2) is 5.72. The first kappa shape index (κ1) is 12.0. The summed E-state index contributed by atoms with van der Waals surface area (Å²) in [5.41, 5.74) is 5.01. The van der Waals surface area contributed by atoms with Crippen LogP contribution in [-0.2, 0) is 0 Å². The molecule has 4 nitrogen and oxygen atoms in total. The van der Waals surface area contributed by atoms with Crippen LogP contribution in [-0.4, -0.2) is 17.1 Å². The van der Waals surface area contributed by atoms with Crippen LogP contribution in [0.3, 0.4) is 0 Å². The van der Waals surface area contributed by atoms with E-state index in [1.807, 2.05) is 31.2 Å². The van der Waals surface area contributed by atoms with Crippen LogP contribution in [0.15, 0.2) is 53.9 Å². The number of nitrogens with one attached hydrogen (secondary N) is 1. The maximum absolute atomic E-state index is 11.7. The number of aryl methyl sites for hydroxylation is 1. The van der Waals surface area contributed by atoms with Crippen molar-refractivity contribution < 1.29 is 4.79 Å². The molecule has 0 aliphatic heterocycles. The van der Waals surface area contributed by atoms with E-state index in [4.69, 9.17) is 0 Å². The molecule has 0 saturated heterocycles. The Morgan fingerprint density at radius 1 is 1.28 bits per heavy atom. The molecule has 1 amide bonds. The van der Waals surface area contributed by atoms with Crippen LogP contribution in [0, 0.1) is 6.92 Å². The predicted octanol–water partition coefficient (Wildman–Crippen LogP) is 2.15. The number of rotatable bonds is 3. The molecule has 4 heteroatoms. The lowest BCUT2D eigenvalue weighted by Crippen LogP contribution is -2.17. The zero-order chi connectivity index (χ0) is 12.8. The van der Waals surface area contributed by atoms with Crippen molar-refractivity contribution in [2.45, 2.75) is 6.92 Å². The third-order valence-electron chi connectivity index (χ3n) is 2.38. The Kier molecular flexibility index (Phi) is 3.81. The predicted molar refractivity (Wildman–Crippen MR) is 70.5 cm³/mol. The normalized spacial score (nSPS) is 10.5. The van der Waals surface area contributed by atoms with Crippen LogP contribution in [0.25, 0.3) is 0 Å². The smallest absolute Gasteiger partial charge is 0.267 e. The molecule has 0 radical (unpaired) electrons. The molecular weight excluding hydrogens is 226 g/mol. The average molecular weight is 239 g/mol. The van der Waals surface area contributed by atoms with Gasteiger partial charge in [-0.1, -0.05) is 23.8 Å². The van der Waals surface area contributed by atoms with Gasteiger partial charge in [0, 0.05) is 23.5 Å². The number of carbonyl (C=O) groups excluding carboxylic acids is 1. The van der Waals surface area contributed by atoms with E-state index in [0.29, 0.717) is 5.56 Å². The summed E-state index contributed by atoms with van der Waals surface area (Å²) in [4.78, 5) is 15.7. The first-order valence-electron chi connectivity index (χ1n) is 5.56. The van der Waals surface area contributed by atoms with E-state index < -0.39 is 0 Å². The van der Waals surface area contributed by atoms with Crippen molar-refractivity contribution in [2.24, 2.45) is 5.10 Å². The molecule has 0 unspecified atom stereocenters. The molecule has 90 valence electrons. The molecule has 1 aromatic carbocycles. The molecule has 1 N–H and O–H groups in total. The Morgan fingerprint density at radius 2 is 2.06 bits per heavy atom. The average Bonchev–Trinajstić information content (AvgIpc) is 2.40. The first-order chi connectivity index (χ1) is 8.75. The van der Waals surface area contributed by atoms with Crippen molar-refractivity contribution in [1.82, 2.24) is 10.4 Å². The van der Waals surface area contributed by atoms with Crippen LogP contribution in [0.4, 0.5) is 0 Å². The highest BCUT2D eigenvalue weighted by Gasteiger charge is 2.02. The van der Waals surface area contributed by atoms with Crippen molar-refractivity contribution in [1.29, 1.82) is 0 Å². The molecule has 0 aliphatic carbocycles. The van der Waals surface area contributed by atoms with Gasteiger partial charge in [0.05, 0.1) is 6.21 Å². The Hall–Kier alpha value is -2.49. The van der Waals surface area contributed by atoms with Gasteiger partial charge in [-0.3, -0.25) is 9.78 Å². The quantitative estimate of drug-likeness (QED) is 0.659. The van der Waals surface area contributed by atoms with E-state index >= 15 is 0 Å². The highest BCUT2D eigenvalue weighted by Crippen LogP contribution is 2.02. The van der Waals surface area contributed by atoms with Gasteiger partial charge in [0.25, 0.3) is 5.91 Å². The summed E-state index contributed by atoms with van der Waals surface area (Å²) in [6.45, 7) is 1.97. The van der Waals surface area contributed by atoms with E-state index in [-0.39, 0.29) is 5.91 Å². The summed E-state index contributed by atoms with van der Waals surface area (Å²) in [6.07, 6.45) is 4.91. The van der Waals surface area contributed by atoms with Crippen LogP contribution < -0.4 is 5.43 Å². The highest BCUT2D eigenvalue weighted by molar-refractivity contribution is 5.94. The SMILES string of the molecule is Cc1ccc(C(=O)N/N=C\c2cccnc2)cc1. The van der Waals surface area contributed by atoms with E-state index in [1.54, 1.807) is 30.7 Å². The van der Waals surface area contributed by atoms with Gasteiger partial charge in [-0.25, -0.2) is 5.43 Å². The first-order valence-corrected chi connectivity index (χ1v) is 5.56. The summed E-state index contributed by atoms with van der Waals surface area (Å²) >= 11 is 0. The lowest BCUT2D eigenvalue weighted by Gasteiger charge is -1.99. The third-order valence-corrected chi connectivity index (χ3v) is 2.38. The molecule has 18 heavy (non-hydrogen) atoms. The number of nitrogens with zero attached hydrogens (tertiary/aromatic N) is 2. The minimum Gasteiger partial charge on any atom is -0.267 e. The summed E-state index contributed by atoms with van der Waals surface area (Å²) in [5, 5.41) is 3.88. The highest BCUT2D eigenvalue weighted by atomic mass is 16.2. The summed E-state index contributed by atoms with van der Waals surface area (Å²) in [6, 6.07) is 11.0. The van der Waals surface area contributed by atoms with Gasteiger partial charge in [0.1, 0.15) is 0 Å². The zero-order valence-corrected chi connectivity index (χ0v) is 10.00. The summed E-state index contributed by atoms with van der Waals surface area (Å²) in [5.74, 6) is -0.227. The molecule has 0 bridgehead atoms. The molecule has 2 aromatic rings. The standard InChI is InChI=1S/C14H13N3O/c1-11-4-6-13(7-5-11)14(18)17-16-10-12-3-2-8-15-9-12/h2-10H,1H3,(H,17,18)/b16-10-. The van der Waals surface area contributed by atoms with Gasteiger partial charge in [-0.2, -0.15) is 5.10 Å². The molecular formula is C14H13N3O. The summed E-state index contributed by atoms with van der Waals surface area (Å²) < 4.78 is 0. The molecule has 1 aromatic heterocycles. The second-order valence-corrected chi connectivity index (χ2v) is 3.85. The van der Waals surface area contributed by atoms with Crippen molar-refractivity contribution in [2.75, 3.05) is 0 Å². The van der Waals surface area contributed by atoms with Crippen molar-refractivity contribution in [3.8, 4) is 0 Å². The number of carbonyl (C=O) groups is 1. The van der Waals surface area contributed by atoms with Crippen LogP contribution >= 0.6 is 0 Å². The zero-order valence-electron chi connectivity index (χ0n) is 10.00. The largest absolute Gasteiger partial charge is 0.271 e. The molecule has 0 saturated carbocycles. The van der Waals surface area contributed by atoms with Crippen molar-refractivity contribution >= 4 is 12.1 Å². The Morgan fingerprint density at radius 3 is 2.72 bits per heavy atom. The molecule has 0 atom stereocenters. The fraction of sp³-hybridized carbons (Fsp3) is 0.0714. The monoisotopic (exact) mass is 239 g/mol. The lowest BCUT2D eigenvalue weighted by molar-refractivity contribution is 0.0955. The fourth-order valence-corrected chi connectivity index (χ4v) is 1.39. The number of benzene rings is 1. The van der Waals surface area contributed by atoms with Crippen LogP contribution in [0.2, 0.25) is 0 Å². The maximum Gasteiger partial charge on any atom is 0.271 e. The van der Waals surface area contributed by atoms with Gasteiger partial charge < -0.3 is 0 Å². The number of amides is 1. The van der Waals surface area contributed by atoms with Gasteiger partial charge >= 0.3 is 0 Å². The second-order valence-electron chi connectivity index (χ2n) is 3.85. The Labute approximate surface area is 105 Å². The number of hydrogen-bond acceptors (Lipinski definition) is 3.